The van der Waals surface area contributed by atoms with Gasteiger partial charge in [-0.15, -0.1) is 11.3 Å². The van der Waals surface area contributed by atoms with Crippen molar-refractivity contribution in [3.05, 3.63) is 241 Å². The Morgan fingerprint density at radius 2 is 1.00 bits per heavy atom. The van der Waals surface area contributed by atoms with Crippen molar-refractivity contribution >= 4 is 81.1 Å². The Kier molecular flexibility index (Phi) is 7.20. The van der Waals surface area contributed by atoms with Crippen LogP contribution in [0, 0.1) is 0 Å². The van der Waals surface area contributed by atoms with Crippen LogP contribution in [-0.4, -0.2) is 4.57 Å². The maximum absolute atomic E-state index is 6.79. The molecular formula is C59H36N2OS. The van der Waals surface area contributed by atoms with E-state index >= 15 is 0 Å². The molecule has 10 aromatic carbocycles. The third kappa shape index (κ3) is 4.79. The quantitative estimate of drug-likeness (QED) is 0.176. The molecular weight excluding hydrogens is 785 g/mol. The summed E-state index contributed by atoms with van der Waals surface area (Å²) >= 11 is 1.86. The molecule has 0 unspecified atom stereocenters. The summed E-state index contributed by atoms with van der Waals surface area (Å²) in [5.74, 6) is 1.78. The summed E-state index contributed by atoms with van der Waals surface area (Å²) in [6.45, 7) is 0. The van der Waals surface area contributed by atoms with Gasteiger partial charge in [-0.2, -0.15) is 0 Å². The standard InChI is InChI=1S/C59H36N2OS/c1-2-15-38(16-3-1)61-52-22-10-6-18-44(52)48-34-39(29-33-53(48)61)60(41-28-32-46-45-19-7-13-25-56(45)63-57(46)36-41)40-27-31-43-47-30-26-37-14-4-5-17-42(37)58(47)59(51(43)35-40)49-20-8-11-23-54(49)62-55-24-12-9-21-50(55)59/h1-36H. The summed E-state index contributed by atoms with van der Waals surface area (Å²) in [7, 11) is 0. The van der Waals surface area contributed by atoms with Crippen LogP contribution >= 0.6 is 11.3 Å². The minimum absolute atomic E-state index is 0.638. The van der Waals surface area contributed by atoms with Crippen LogP contribution in [0.2, 0.25) is 0 Å². The van der Waals surface area contributed by atoms with Crippen molar-refractivity contribution in [1.29, 1.82) is 0 Å². The summed E-state index contributed by atoms with van der Waals surface area (Å²) in [5.41, 5.74) is 13.6. The fourth-order valence-electron chi connectivity index (χ4n) is 11.1. The molecule has 1 aliphatic heterocycles. The lowest BCUT2D eigenvalue weighted by Gasteiger charge is -2.40. The summed E-state index contributed by atoms with van der Waals surface area (Å²) in [6.07, 6.45) is 0. The summed E-state index contributed by atoms with van der Waals surface area (Å²) in [5, 5.41) is 7.50. The van der Waals surface area contributed by atoms with E-state index in [4.69, 9.17) is 4.74 Å². The summed E-state index contributed by atoms with van der Waals surface area (Å²) in [4.78, 5) is 2.48. The highest BCUT2D eigenvalue weighted by Crippen LogP contribution is 2.64. The molecule has 3 heterocycles. The van der Waals surface area contributed by atoms with E-state index in [2.05, 4.69) is 228 Å². The third-order valence-electron chi connectivity index (χ3n) is 13.6. The Balaban J connectivity index is 1.07. The van der Waals surface area contributed by atoms with Crippen LogP contribution in [0.1, 0.15) is 22.3 Å². The van der Waals surface area contributed by atoms with Gasteiger partial charge in [0.1, 0.15) is 11.5 Å². The van der Waals surface area contributed by atoms with E-state index in [-0.39, 0.29) is 0 Å². The van der Waals surface area contributed by atoms with E-state index in [1.807, 2.05) is 11.3 Å². The van der Waals surface area contributed by atoms with Crippen molar-refractivity contribution in [2.24, 2.45) is 0 Å². The molecule has 294 valence electrons. The van der Waals surface area contributed by atoms with Gasteiger partial charge in [0, 0.05) is 64.8 Å². The second-order valence-electron chi connectivity index (χ2n) is 16.8. The number of rotatable bonds is 4. The van der Waals surface area contributed by atoms with Gasteiger partial charge in [0.25, 0.3) is 0 Å². The minimum atomic E-state index is -0.638. The van der Waals surface area contributed by atoms with Crippen molar-refractivity contribution in [2.45, 2.75) is 5.41 Å². The van der Waals surface area contributed by atoms with Gasteiger partial charge < -0.3 is 14.2 Å². The molecule has 63 heavy (non-hydrogen) atoms. The first-order valence-electron chi connectivity index (χ1n) is 21.6. The number of anilines is 3. The molecule has 0 radical (unpaired) electrons. The topological polar surface area (TPSA) is 17.4 Å². The highest BCUT2D eigenvalue weighted by molar-refractivity contribution is 7.25. The molecule has 0 fully saturated rings. The molecule has 14 rings (SSSR count). The van der Waals surface area contributed by atoms with E-state index in [9.17, 15) is 0 Å². The number of thiophene rings is 1. The zero-order valence-electron chi connectivity index (χ0n) is 34.0. The fraction of sp³-hybridized carbons (Fsp3) is 0.0169. The Morgan fingerprint density at radius 1 is 0.397 bits per heavy atom. The molecule has 0 amide bonds. The van der Waals surface area contributed by atoms with Gasteiger partial charge in [0.05, 0.1) is 16.4 Å². The molecule has 2 aromatic heterocycles. The Bertz CT molecular complexity index is 3810. The second-order valence-corrected chi connectivity index (χ2v) is 17.9. The first-order chi connectivity index (χ1) is 31.2. The monoisotopic (exact) mass is 820 g/mol. The predicted molar refractivity (Wildman–Crippen MR) is 263 cm³/mol. The maximum atomic E-state index is 6.79. The lowest BCUT2D eigenvalue weighted by molar-refractivity contribution is 0.437. The number of para-hydroxylation sites is 4. The Labute approximate surface area is 367 Å². The van der Waals surface area contributed by atoms with E-state index in [0.717, 1.165) is 45.4 Å². The van der Waals surface area contributed by atoms with Crippen molar-refractivity contribution in [3.8, 4) is 28.3 Å². The van der Waals surface area contributed by atoms with Gasteiger partial charge in [0.2, 0.25) is 0 Å². The SMILES string of the molecule is c1ccc(-n2c3ccccc3c3cc(N(c4ccc5c(c4)C4(c6ccccc6Oc6ccccc64)c4c-5ccc5ccccc45)c4ccc5c(c4)sc4ccccc45)ccc32)cc1. The van der Waals surface area contributed by atoms with Gasteiger partial charge >= 0.3 is 0 Å². The molecule has 4 heteroatoms. The lowest BCUT2D eigenvalue weighted by atomic mass is 9.65. The molecule has 12 aromatic rings. The summed E-state index contributed by atoms with van der Waals surface area (Å²) in [6, 6.07) is 80.3. The number of hydrogen-bond donors (Lipinski definition) is 0. The van der Waals surface area contributed by atoms with Gasteiger partial charge in [-0.3, -0.25) is 0 Å². The largest absolute Gasteiger partial charge is 0.457 e. The average molecular weight is 821 g/mol. The van der Waals surface area contributed by atoms with Crippen molar-refractivity contribution in [2.75, 3.05) is 4.90 Å². The van der Waals surface area contributed by atoms with Crippen molar-refractivity contribution < 1.29 is 4.74 Å². The van der Waals surface area contributed by atoms with Crippen molar-refractivity contribution in [3.63, 3.8) is 0 Å². The van der Waals surface area contributed by atoms with Crippen LogP contribution < -0.4 is 9.64 Å². The number of ether oxygens (including phenoxy) is 1. The van der Waals surface area contributed by atoms with Gasteiger partial charge in [0.15, 0.2) is 0 Å². The second kappa shape index (κ2) is 13.0. The minimum Gasteiger partial charge on any atom is -0.457 e. The molecule has 1 aliphatic carbocycles. The Hall–Kier alpha value is -7.92. The highest BCUT2D eigenvalue weighted by atomic mass is 32.1. The van der Waals surface area contributed by atoms with Crippen LogP contribution in [0.25, 0.3) is 69.6 Å². The first-order valence-corrected chi connectivity index (χ1v) is 22.4. The number of fused-ring (bicyclic) bond motifs is 17. The van der Waals surface area contributed by atoms with E-state index in [1.54, 1.807) is 0 Å². The molecule has 1 spiro atoms. The zero-order valence-corrected chi connectivity index (χ0v) is 34.8. The number of nitrogens with zero attached hydrogens (tertiary/aromatic N) is 2. The fourth-order valence-corrected chi connectivity index (χ4v) is 12.2. The van der Waals surface area contributed by atoms with Gasteiger partial charge in [-0.05, 0) is 112 Å². The smallest absolute Gasteiger partial charge is 0.132 e. The molecule has 3 nitrogen and oxygen atoms in total. The van der Waals surface area contributed by atoms with E-state index < -0.39 is 5.41 Å². The van der Waals surface area contributed by atoms with Gasteiger partial charge in [-0.1, -0.05) is 140 Å². The first kappa shape index (κ1) is 34.8. The van der Waals surface area contributed by atoms with Crippen LogP contribution in [0.5, 0.6) is 11.5 Å². The summed E-state index contributed by atoms with van der Waals surface area (Å²) < 4.78 is 11.7. The highest BCUT2D eigenvalue weighted by Gasteiger charge is 2.52. The molecule has 0 atom stereocenters. The Morgan fingerprint density at radius 3 is 1.84 bits per heavy atom. The van der Waals surface area contributed by atoms with Crippen LogP contribution in [0.4, 0.5) is 17.1 Å². The molecule has 0 saturated carbocycles. The predicted octanol–water partition coefficient (Wildman–Crippen LogP) is 16.2. The van der Waals surface area contributed by atoms with E-state index in [0.29, 0.717) is 0 Å². The lowest BCUT2D eigenvalue weighted by Crippen LogP contribution is -2.32. The average Bonchev–Trinajstić information content (AvgIpc) is 3.98. The molecule has 0 saturated heterocycles. The maximum Gasteiger partial charge on any atom is 0.132 e. The number of benzene rings is 10. The van der Waals surface area contributed by atoms with Gasteiger partial charge in [-0.25, -0.2) is 0 Å². The van der Waals surface area contributed by atoms with E-state index in [1.165, 1.54) is 75.0 Å². The zero-order chi connectivity index (χ0) is 41.2. The molecule has 0 bridgehead atoms. The van der Waals surface area contributed by atoms with Crippen LogP contribution in [-0.2, 0) is 5.41 Å². The molecule has 0 N–H and O–H groups in total. The number of aromatic nitrogens is 1. The normalized spacial score (nSPS) is 13.3. The molecule has 2 aliphatic rings. The number of hydrogen-bond acceptors (Lipinski definition) is 3. The van der Waals surface area contributed by atoms with Crippen LogP contribution in [0.3, 0.4) is 0 Å². The van der Waals surface area contributed by atoms with Crippen LogP contribution in [0.15, 0.2) is 218 Å². The third-order valence-corrected chi connectivity index (χ3v) is 14.7. The van der Waals surface area contributed by atoms with Crippen molar-refractivity contribution in [1.82, 2.24) is 4.57 Å².